The van der Waals surface area contributed by atoms with Gasteiger partial charge in [-0.15, -0.1) is 0 Å². The van der Waals surface area contributed by atoms with Crippen molar-refractivity contribution >= 4 is 18.9 Å². The van der Waals surface area contributed by atoms with Crippen molar-refractivity contribution in [3.05, 3.63) is 53.6 Å². The van der Waals surface area contributed by atoms with E-state index in [2.05, 4.69) is 0 Å². The van der Waals surface area contributed by atoms with Gasteiger partial charge in [0.25, 0.3) is 0 Å². The summed E-state index contributed by atoms with van der Waals surface area (Å²) < 4.78 is 10.9. The first-order valence-electron chi connectivity index (χ1n) is 5.82. The van der Waals surface area contributed by atoms with Gasteiger partial charge in [-0.2, -0.15) is 0 Å². The summed E-state index contributed by atoms with van der Waals surface area (Å²) in [4.78, 5) is 11.1. The van der Waals surface area contributed by atoms with Crippen LogP contribution in [0, 0.1) is 0 Å². The van der Waals surface area contributed by atoms with E-state index >= 15 is 0 Å². The van der Waals surface area contributed by atoms with Crippen LogP contribution in [0.1, 0.15) is 15.9 Å². The Bertz CT molecular complexity index is 639. The minimum atomic E-state index is -1.01. The Morgan fingerprint density at radius 1 is 1.26 bits per heavy atom. The molecule has 0 aliphatic carbocycles. The smallest absolute Gasteiger partial charge is 0.339 e. The molecule has 1 radical (unpaired) electrons. The molecule has 0 aromatic heterocycles. The number of carboxylic acids is 1. The van der Waals surface area contributed by atoms with Crippen LogP contribution in [0.5, 0.6) is 11.5 Å². The number of para-hydroxylation sites is 1. The molecule has 93 valence electrons. The maximum absolute atomic E-state index is 11.1. The fraction of sp³-hybridized carbons (Fsp3) is 0.0714. The van der Waals surface area contributed by atoms with Crippen molar-refractivity contribution in [3.8, 4) is 11.5 Å². The number of ether oxygens (including phenoxy) is 1. The number of aromatic carboxylic acids is 1. The predicted molar refractivity (Wildman–Crippen MR) is 70.1 cm³/mol. The largest absolute Gasteiger partial charge is 0.478 e. The van der Waals surface area contributed by atoms with Gasteiger partial charge in [0.2, 0.25) is 0 Å². The molecule has 1 aliphatic rings. The van der Waals surface area contributed by atoms with Crippen molar-refractivity contribution in [3.63, 3.8) is 0 Å². The average molecular weight is 253 g/mol. The van der Waals surface area contributed by atoms with Crippen LogP contribution >= 0.6 is 0 Å². The third-order valence-corrected chi connectivity index (χ3v) is 2.91. The van der Waals surface area contributed by atoms with E-state index in [4.69, 9.17) is 14.5 Å². The average Bonchev–Trinajstić information content (AvgIpc) is 2.86. The number of carboxylic acid groups (broad SMARTS) is 1. The Hall–Kier alpha value is -2.27. The molecule has 0 amide bonds. The molecule has 3 rings (SSSR count). The van der Waals surface area contributed by atoms with Crippen LogP contribution in [-0.2, 0) is 11.3 Å². The van der Waals surface area contributed by atoms with Crippen molar-refractivity contribution in [2.24, 2.45) is 0 Å². The molecule has 0 saturated carbocycles. The van der Waals surface area contributed by atoms with Crippen molar-refractivity contribution in [1.29, 1.82) is 0 Å². The molecule has 0 atom stereocenters. The lowest BCUT2D eigenvalue weighted by Gasteiger charge is -2.09. The van der Waals surface area contributed by atoms with E-state index in [0.717, 1.165) is 11.0 Å². The van der Waals surface area contributed by atoms with Crippen molar-refractivity contribution in [2.75, 3.05) is 0 Å². The van der Waals surface area contributed by atoms with E-state index in [9.17, 15) is 4.79 Å². The summed E-state index contributed by atoms with van der Waals surface area (Å²) in [5.41, 5.74) is 2.20. The maximum Gasteiger partial charge on any atom is 0.339 e. The second kappa shape index (κ2) is 4.78. The maximum atomic E-state index is 11.1. The third kappa shape index (κ3) is 2.32. The van der Waals surface area contributed by atoms with Crippen LogP contribution in [0.15, 0.2) is 42.5 Å². The first-order valence-corrected chi connectivity index (χ1v) is 5.82. The molecule has 0 unspecified atom stereocenters. The Labute approximate surface area is 110 Å². The number of rotatable bonds is 3. The highest BCUT2D eigenvalue weighted by molar-refractivity contribution is 6.48. The number of fused-ring (bicyclic) bond motifs is 1. The molecule has 2 aromatic rings. The fourth-order valence-corrected chi connectivity index (χ4v) is 1.97. The Morgan fingerprint density at radius 2 is 2.11 bits per heavy atom. The summed E-state index contributed by atoms with van der Waals surface area (Å²) in [5, 5.41) is 9.09. The molecule has 1 aliphatic heterocycles. The predicted octanol–water partition coefficient (Wildman–Crippen LogP) is 1.95. The molecule has 0 fully saturated rings. The summed E-state index contributed by atoms with van der Waals surface area (Å²) in [7, 11) is 1.70. The Kier molecular flexibility index (Phi) is 2.97. The standard InChI is InChI=1S/C14H10BO4/c16-14(17)11-3-1-2-4-13(11)19-10-5-6-12-9(7-10)8-18-15-12/h1-7H,8H2,(H,16,17). The molecule has 1 heterocycles. The molecular weight excluding hydrogens is 243 g/mol. The summed E-state index contributed by atoms with van der Waals surface area (Å²) in [6.45, 7) is 0.521. The van der Waals surface area contributed by atoms with Crippen LogP contribution in [-0.4, -0.2) is 18.6 Å². The van der Waals surface area contributed by atoms with E-state index in [-0.39, 0.29) is 5.56 Å². The van der Waals surface area contributed by atoms with Gasteiger partial charge in [0, 0.05) is 0 Å². The van der Waals surface area contributed by atoms with Gasteiger partial charge in [-0.1, -0.05) is 18.2 Å². The van der Waals surface area contributed by atoms with E-state index in [0.29, 0.717) is 18.1 Å². The van der Waals surface area contributed by atoms with Crippen LogP contribution < -0.4 is 10.2 Å². The SMILES string of the molecule is O=C(O)c1ccccc1Oc1ccc2c(c1)CO[B]2. The van der Waals surface area contributed by atoms with Gasteiger partial charge in [-0.05, 0) is 35.3 Å². The molecular formula is C14H10BO4. The number of hydrogen-bond acceptors (Lipinski definition) is 3. The summed E-state index contributed by atoms with van der Waals surface area (Å²) in [5.74, 6) is -0.0716. The zero-order valence-corrected chi connectivity index (χ0v) is 10.00. The van der Waals surface area contributed by atoms with Gasteiger partial charge >= 0.3 is 13.5 Å². The van der Waals surface area contributed by atoms with Gasteiger partial charge in [0.05, 0.1) is 6.61 Å². The van der Waals surface area contributed by atoms with Crippen LogP contribution in [0.4, 0.5) is 0 Å². The number of hydrogen-bond donors (Lipinski definition) is 1. The van der Waals surface area contributed by atoms with Crippen molar-refractivity contribution in [1.82, 2.24) is 0 Å². The van der Waals surface area contributed by atoms with E-state index in [1.165, 1.54) is 6.07 Å². The van der Waals surface area contributed by atoms with Gasteiger partial charge in [-0.25, -0.2) is 4.79 Å². The normalized spacial score (nSPS) is 12.6. The van der Waals surface area contributed by atoms with Gasteiger partial charge < -0.3 is 14.5 Å². The molecule has 19 heavy (non-hydrogen) atoms. The zero-order valence-electron chi connectivity index (χ0n) is 10.00. The third-order valence-electron chi connectivity index (χ3n) is 2.91. The number of benzene rings is 2. The zero-order chi connectivity index (χ0) is 13.2. The van der Waals surface area contributed by atoms with Gasteiger partial charge in [0.1, 0.15) is 17.1 Å². The lowest BCUT2D eigenvalue weighted by atomic mass is 9.87. The quantitative estimate of drug-likeness (QED) is 0.849. The van der Waals surface area contributed by atoms with E-state index < -0.39 is 5.97 Å². The summed E-state index contributed by atoms with van der Waals surface area (Å²) in [6.07, 6.45) is 0. The molecule has 0 bridgehead atoms. The molecule has 1 N–H and O–H groups in total. The highest BCUT2D eigenvalue weighted by Gasteiger charge is 2.15. The van der Waals surface area contributed by atoms with E-state index in [1.807, 2.05) is 12.1 Å². The topological polar surface area (TPSA) is 55.8 Å². The molecule has 0 saturated heterocycles. The lowest BCUT2D eigenvalue weighted by molar-refractivity contribution is 0.0694. The van der Waals surface area contributed by atoms with Crippen LogP contribution in [0.2, 0.25) is 0 Å². The molecule has 4 nitrogen and oxygen atoms in total. The van der Waals surface area contributed by atoms with Gasteiger partial charge in [0.15, 0.2) is 0 Å². The van der Waals surface area contributed by atoms with Crippen molar-refractivity contribution < 1.29 is 19.3 Å². The van der Waals surface area contributed by atoms with E-state index in [1.54, 1.807) is 31.7 Å². The Balaban J connectivity index is 1.91. The van der Waals surface area contributed by atoms with Crippen LogP contribution in [0.25, 0.3) is 0 Å². The van der Waals surface area contributed by atoms with Crippen molar-refractivity contribution in [2.45, 2.75) is 6.61 Å². The first-order chi connectivity index (χ1) is 9.24. The summed E-state index contributed by atoms with van der Waals surface area (Å²) >= 11 is 0. The second-order valence-corrected chi connectivity index (χ2v) is 4.19. The molecule has 0 spiro atoms. The minimum Gasteiger partial charge on any atom is -0.478 e. The van der Waals surface area contributed by atoms with Crippen LogP contribution in [0.3, 0.4) is 0 Å². The lowest BCUT2D eigenvalue weighted by Crippen LogP contribution is -2.10. The molecule has 5 heteroatoms. The second-order valence-electron chi connectivity index (χ2n) is 4.19. The first kappa shape index (κ1) is 11.8. The molecule has 2 aromatic carbocycles. The fourth-order valence-electron chi connectivity index (χ4n) is 1.97. The Morgan fingerprint density at radius 3 is 2.95 bits per heavy atom. The minimum absolute atomic E-state index is 0.144. The highest BCUT2D eigenvalue weighted by atomic mass is 16.5. The number of carbonyl (C=O) groups is 1. The highest BCUT2D eigenvalue weighted by Crippen LogP contribution is 2.26. The monoisotopic (exact) mass is 253 g/mol. The van der Waals surface area contributed by atoms with Gasteiger partial charge in [-0.3, -0.25) is 0 Å². The summed E-state index contributed by atoms with van der Waals surface area (Å²) in [6, 6.07) is 12.1.